The molecule has 0 saturated heterocycles. The second-order valence-corrected chi connectivity index (χ2v) is 8.39. The van der Waals surface area contributed by atoms with Crippen molar-refractivity contribution in [3.05, 3.63) is 48.5 Å². The van der Waals surface area contributed by atoms with Gasteiger partial charge >= 0.3 is 0 Å². The molecule has 0 aliphatic heterocycles. The molecule has 1 N–H and O–H groups in total. The lowest BCUT2D eigenvalue weighted by Crippen LogP contribution is -1.89. The molecular weight excluding hydrogens is 344 g/mol. The first-order valence-electron chi connectivity index (χ1n) is 10.3. The molecule has 28 heavy (non-hydrogen) atoms. The van der Waals surface area contributed by atoms with Crippen molar-refractivity contribution in [3.8, 4) is 11.1 Å². The Kier molecular flexibility index (Phi) is 13.4. The number of rotatable bonds is 5. The third kappa shape index (κ3) is 11.2. The summed E-state index contributed by atoms with van der Waals surface area (Å²) in [6.07, 6.45) is 9.14. The largest absolute Gasteiger partial charge is 0.396 e. The third-order valence-electron chi connectivity index (χ3n) is 4.74. The molecule has 160 valence electrons. The Bertz CT molecular complexity index is 608. The van der Waals surface area contributed by atoms with Crippen LogP contribution < -0.4 is 0 Å². The molecule has 1 saturated carbocycles. The summed E-state index contributed by atoms with van der Waals surface area (Å²) in [5.41, 5.74) is 3.59. The molecule has 0 bridgehead atoms. The van der Waals surface area contributed by atoms with Gasteiger partial charge in [-0.25, -0.2) is 9.97 Å². The smallest absolute Gasteiger partial charge is 0.115 e. The molecule has 3 heteroatoms. The van der Waals surface area contributed by atoms with Crippen molar-refractivity contribution in [3.63, 3.8) is 0 Å². The van der Waals surface area contributed by atoms with E-state index in [1.165, 1.54) is 24.0 Å². The maximum Gasteiger partial charge on any atom is 0.115 e. The molecule has 2 aromatic rings. The molecule has 0 unspecified atom stereocenters. The highest BCUT2D eigenvalue weighted by Gasteiger charge is 2.23. The van der Waals surface area contributed by atoms with E-state index in [9.17, 15) is 0 Å². The van der Waals surface area contributed by atoms with Gasteiger partial charge < -0.3 is 5.11 Å². The van der Waals surface area contributed by atoms with Gasteiger partial charge in [0.2, 0.25) is 0 Å². The molecule has 1 aliphatic rings. The van der Waals surface area contributed by atoms with Crippen molar-refractivity contribution in [1.82, 2.24) is 9.97 Å². The normalized spacial score (nSPS) is 12.6. The van der Waals surface area contributed by atoms with E-state index in [4.69, 9.17) is 5.11 Å². The molecule has 1 heterocycles. The molecule has 0 atom stereocenters. The van der Waals surface area contributed by atoms with Crippen LogP contribution in [0.4, 0.5) is 0 Å². The second-order valence-electron chi connectivity index (χ2n) is 8.39. The van der Waals surface area contributed by atoms with Crippen LogP contribution in [-0.2, 0) is 0 Å². The lowest BCUT2D eigenvalue weighted by molar-refractivity contribution is 0.268. The fourth-order valence-electron chi connectivity index (χ4n) is 2.53. The van der Waals surface area contributed by atoms with Crippen LogP contribution in [0.3, 0.4) is 0 Å². The summed E-state index contributed by atoms with van der Waals surface area (Å²) in [6.45, 7) is 13.5. The minimum atomic E-state index is 0. The van der Waals surface area contributed by atoms with Crippen LogP contribution in [-0.4, -0.2) is 21.7 Å². The minimum absolute atomic E-state index is 0. The summed E-state index contributed by atoms with van der Waals surface area (Å²) in [6, 6.07) is 8.56. The first-order chi connectivity index (χ1) is 12.8. The van der Waals surface area contributed by atoms with Crippen LogP contribution in [0.1, 0.15) is 81.1 Å². The number of benzene rings is 1. The maximum atomic E-state index is 8.24. The van der Waals surface area contributed by atoms with Crippen molar-refractivity contribution in [2.75, 3.05) is 6.61 Å². The molecule has 1 aromatic heterocycles. The van der Waals surface area contributed by atoms with E-state index in [2.05, 4.69) is 75.8 Å². The lowest BCUT2D eigenvalue weighted by atomic mass is 10.00. The Morgan fingerprint density at radius 2 is 1.46 bits per heavy atom. The Morgan fingerprint density at radius 1 is 0.929 bits per heavy atom. The topological polar surface area (TPSA) is 46.0 Å². The zero-order chi connectivity index (χ0) is 20.2. The second kappa shape index (κ2) is 14.3. The van der Waals surface area contributed by atoms with Gasteiger partial charge in [-0.15, -0.1) is 0 Å². The Balaban J connectivity index is 0. The zero-order valence-electron chi connectivity index (χ0n) is 18.0. The first kappa shape index (κ1) is 26.3. The van der Waals surface area contributed by atoms with E-state index in [0.717, 1.165) is 23.8 Å². The van der Waals surface area contributed by atoms with E-state index in [1.54, 1.807) is 6.33 Å². The average molecular weight is 389 g/mol. The fourth-order valence-corrected chi connectivity index (χ4v) is 2.53. The standard InChI is InChI=1S/C13H14N2.C6H12.C5H12O.CH4.H2/c1-10(2)11-3-5-12(6-4-11)13-7-14-9-15-8-13;1-5(2)6-3-4-6;1-5(2)3-4-6;;/h3-10H,1-2H3;2*5-6H,3-4H2,1-2H3;1H4;1H. The van der Waals surface area contributed by atoms with Gasteiger partial charge in [-0.3, -0.25) is 0 Å². The minimum Gasteiger partial charge on any atom is -0.396 e. The number of hydrogen-bond donors (Lipinski definition) is 1. The number of nitrogens with zero attached hydrogens (tertiary/aromatic N) is 2. The monoisotopic (exact) mass is 388 g/mol. The summed E-state index contributed by atoms with van der Waals surface area (Å²) >= 11 is 0. The maximum absolute atomic E-state index is 8.24. The molecule has 3 rings (SSSR count). The zero-order valence-corrected chi connectivity index (χ0v) is 18.0. The van der Waals surface area contributed by atoms with Crippen LogP contribution in [0.15, 0.2) is 43.0 Å². The molecule has 1 aliphatic carbocycles. The number of aromatic nitrogens is 2. The van der Waals surface area contributed by atoms with E-state index in [1.807, 2.05) is 12.4 Å². The number of hydrogen-bond acceptors (Lipinski definition) is 3. The van der Waals surface area contributed by atoms with Gasteiger partial charge in [0.05, 0.1) is 0 Å². The molecule has 0 radical (unpaired) electrons. The Morgan fingerprint density at radius 3 is 1.75 bits per heavy atom. The van der Waals surface area contributed by atoms with Gasteiger partial charge in [-0.1, -0.05) is 73.2 Å². The lowest BCUT2D eigenvalue weighted by Gasteiger charge is -2.06. The summed E-state index contributed by atoms with van der Waals surface area (Å²) in [5.74, 6) is 3.29. The summed E-state index contributed by atoms with van der Waals surface area (Å²) in [5, 5.41) is 8.24. The van der Waals surface area contributed by atoms with Crippen molar-refractivity contribution < 1.29 is 6.53 Å². The summed E-state index contributed by atoms with van der Waals surface area (Å²) in [4.78, 5) is 8.01. The Hall–Kier alpha value is -1.74. The quantitative estimate of drug-likeness (QED) is 0.588. The van der Waals surface area contributed by atoms with E-state index in [0.29, 0.717) is 18.4 Å². The molecule has 1 fully saturated rings. The summed E-state index contributed by atoms with van der Waals surface area (Å²) < 4.78 is 0. The van der Waals surface area contributed by atoms with Crippen LogP contribution in [0.25, 0.3) is 11.1 Å². The first-order valence-corrected chi connectivity index (χ1v) is 10.3. The molecule has 0 spiro atoms. The highest BCUT2D eigenvalue weighted by Crippen LogP contribution is 2.35. The third-order valence-corrected chi connectivity index (χ3v) is 4.74. The van der Waals surface area contributed by atoms with Gasteiger partial charge in [0, 0.05) is 26.0 Å². The van der Waals surface area contributed by atoms with Crippen LogP contribution in [0.5, 0.6) is 0 Å². The van der Waals surface area contributed by atoms with Crippen LogP contribution >= 0.6 is 0 Å². The molecule has 3 nitrogen and oxygen atoms in total. The molecule has 1 aromatic carbocycles. The van der Waals surface area contributed by atoms with Gasteiger partial charge in [0.1, 0.15) is 6.33 Å². The fraction of sp³-hybridized carbons (Fsp3) is 0.600. The SMILES string of the molecule is C.CC(C)C1CC1.CC(C)CCO.CC(C)c1ccc(-c2cncnc2)cc1.[HH]. The number of aliphatic hydroxyl groups excluding tert-OH is 1. The molecular formula is C25H44N2O. The molecule has 0 amide bonds. The van der Waals surface area contributed by atoms with Crippen LogP contribution in [0, 0.1) is 17.8 Å². The summed E-state index contributed by atoms with van der Waals surface area (Å²) in [7, 11) is 0. The highest BCUT2D eigenvalue weighted by atomic mass is 16.3. The van der Waals surface area contributed by atoms with Gasteiger partial charge in [-0.05, 0) is 54.1 Å². The average Bonchev–Trinajstić information content (AvgIpc) is 3.49. The van der Waals surface area contributed by atoms with Crippen molar-refractivity contribution in [2.24, 2.45) is 17.8 Å². The predicted octanol–water partition coefficient (Wildman–Crippen LogP) is 7.23. The predicted molar refractivity (Wildman–Crippen MR) is 125 cm³/mol. The van der Waals surface area contributed by atoms with Crippen LogP contribution in [0.2, 0.25) is 0 Å². The van der Waals surface area contributed by atoms with E-state index >= 15 is 0 Å². The van der Waals surface area contributed by atoms with Crippen molar-refractivity contribution in [2.45, 2.75) is 74.1 Å². The van der Waals surface area contributed by atoms with Gasteiger partial charge in [0.25, 0.3) is 0 Å². The van der Waals surface area contributed by atoms with Gasteiger partial charge in [-0.2, -0.15) is 0 Å². The van der Waals surface area contributed by atoms with E-state index < -0.39 is 0 Å². The number of aliphatic hydroxyl groups is 1. The highest BCUT2D eigenvalue weighted by molar-refractivity contribution is 5.61. The van der Waals surface area contributed by atoms with Crippen molar-refractivity contribution in [1.29, 1.82) is 0 Å². The van der Waals surface area contributed by atoms with E-state index in [-0.39, 0.29) is 8.85 Å². The Labute approximate surface area is 175 Å². The van der Waals surface area contributed by atoms with Gasteiger partial charge in [0.15, 0.2) is 0 Å². The van der Waals surface area contributed by atoms with Crippen molar-refractivity contribution >= 4 is 0 Å².